The molecular formula is C25H32F2N3NaO7P. The number of hydrogen-bond donors (Lipinski definition) is 2. The number of rotatable bonds is 11. The minimum atomic E-state index is -3.66. The zero-order valence-electron chi connectivity index (χ0n) is 22.6. The first kappa shape index (κ1) is 31.7. The number of methoxy groups -OCH3 is 1. The molecule has 1 radical (unpaired) electrons. The van der Waals surface area contributed by atoms with E-state index in [-0.39, 0.29) is 78.7 Å². The number of hydrogen-bond acceptors (Lipinski definition) is 7. The molecule has 0 unspecified atom stereocenters. The molecule has 2 aromatic rings. The maximum Gasteiger partial charge on any atom is 0.405 e. The fourth-order valence-electron chi connectivity index (χ4n) is 4.77. The van der Waals surface area contributed by atoms with Gasteiger partial charge in [0.25, 0.3) is 0 Å². The molecule has 4 rings (SSSR count). The van der Waals surface area contributed by atoms with Crippen molar-refractivity contribution >= 4 is 59.9 Å². The van der Waals surface area contributed by atoms with Crippen molar-refractivity contribution in [1.29, 1.82) is 0 Å². The number of aromatic carboxylic acids is 1. The smallest absolute Gasteiger partial charge is 0.405 e. The Balaban J connectivity index is 0.00000420. The number of halogens is 2. The molecule has 39 heavy (non-hydrogen) atoms. The van der Waals surface area contributed by atoms with E-state index < -0.39 is 36.4 Å². The van der Waals surface area contributed by atoms with Crippen molar-refractivity contribution < 1.29 is 37.0 Å². The second-order valence-electron chi connectivity index (χ2n) is 9.15. The molecule has 1 aliphatic carbocycles. The molecule has 2 heterocycles. The Morgan fingerprint density at radius 2 is 1.92 bits per heavy atom. The zero-order chi connectivity index (χ0) is 27.6. The van der Waals surface area contributed by atoms with Crippen LogP contribution >= 0.6 is 7.75 Å². The van der Waals surface area contributed by atoms with Gasteiger partial charge < -0.3 is 19.3 Å². The Bertz CT molecular complexity index is 1370. The van der Waals surface area contributed by atoms with E-state index in [9.17, 15) is 19.3 Å². The third-order valence-electron chi connectivity index (χ3n) is 6.59. The summed E-state index contributed by atoms with van der Waals surface area (Å²) in [5.74, 6) is -2.61. The molecule has 2 N–H and O–H groups in total. The number of carbonyl (C=O) groups is 1. The van der Waals surface area contributed by atoms with Gasteiger partial charge >= 0.3 is 13.7 Å². The normalized spacial score (nSPS) is 17.2. The Labute approximate surface area is 247 Å². The summed E-state index contributed by atoms with van der Waals surface area (Å²) >= 11 is 0. The van der Waals surface area contributed by atoms with Crippen LogP contribution in [0.15, 0.2) is 28.5 Å². The van der Waals surface area contributed by atoms with Crippen LogP contribution in [0.5, 0.6) is 5.75 Å². The van der Waals surface area contributed by atoms with Gasteiger partial charge in [0, 0.05) is 54.9 Å². The molecular weight excluding hydrogens is 546 g/mol. The van der Waals surface area contributed by atoms with Crippen LogP contribution < -0.4 is 20.2 Å². The number of nitrogens with one attached hydrogen (secondary N) is 1. The molecule has 0 atom stereocenters. The van der Waals surface area contributed by atoms with Crippen molar-refractivity contribution in [3.63, 3.8) is 0 Å². The zero-order valence-corrected chi connectivity index (χ0v) is 25.5. The number of pyridine rings is 1. The van der Waals surface area contributed by atoms with Crippen molar-refractivity contribution in [1.82, 2.24) is 9.65 Å². The summed E-state index contributed by atoms with van der Waals surface area (Å²) in [7, 11) is -2.31. The largest absolute Gasteiger partial charge is 0.492 e. The van der Waals surface area contributed by atoms with Crippen LogP contribution in [-0.2, 0) is 13.6 Å². The van der Waals surface area contributed by atoms with E-state index in [4.69, 9.17) is 13.8 Å². The molecule has 2 fully saturated rings. The van der Waals surface area contributed by atoms with E-state index in [1.807, 2.05) is 0 Å². The van der Waals surface area contributed by atoms with Crippen LogP contribution in [-0.4, -0.2) is 85.2 Å². The van der Waals surface area contributed by atoms with Gasteiger partial charge in [0.1, 0.15) is 17.1 Å². The molecule has 0 spiro atoms. The van der Waals surface area contributed by atoms with E-state index in [1.165, 1.54) is 13.3 Å². The Morgan fingerprint density at radius 3 is 2.49 bits per heavy atom. The van der Waals surface area contributed by atoms with Crippen molar-refractivity contribution in [3.8, 4) is 5.75 Å². The Hall–Kier alpha value is -1.79. The molecule has 1 aromatic heterocycles. The first-order valence-electron chi connectivity index (χ1n) is 12.6. The molecule has 1 saturated heterocycles. The van der Waals surface area contributed by atoms with Gasteiger partial charge in [-0.05, 0) is 51.2 Å². The second kappa shape index (κ2) is 13.2. The summed E-state index contributed by atoms with van der Waals surface area (Å²) in [5, 5.41) is 12.0. The number of anilines is 1. The third kappa shape index (κ3) is 6.75. The predicted octanol–water partition coefficient (Wildman–Crippen LogP) is 4.40. The van der Waals surface area contributed by atoms with Crippen molar-refractivity contribution in [2.24, 2.45) is 0 Å². The maximum absolute atomic E-state index is 15.6. The summed E-state index contributed by atoms with van der Waals surface area (Å²) in [6.07, 6.45) is 3.80. The summed E-state index contributed by atoms with van der Waals surface area (Å²) < 4.78 is 61.0. The van der Waals surface area contributed by atoms with E-state index in [0.717, 1.165) is 18.9 Å². The Morgan fingerprint density at radius 1 is 1.26 bits per heavy atom. The summed E-state index contributed by atoms with van der Waals surface area (Å²) in [4.78, 5) is 26.2. The fourth-order valence-corrected chi connectivity index (χ4v) is 6.04. The monoisotopic (exact) mass is 578 g/mol. The maximum atomic E-state index is 15.6. The van der Waals surface area contributed by atoms with Gasteiger partial charge in [-0.1, -0.05) is 0 Å². The van der Waals surface area contributed by atoms with Crippen LogP contribution in [0.4, 0.5) is 14.5 Å². The molecule has 14 heteroatoms. The molecule has 1 aliphatic heterocycles. The first-order chi connectivity index (χ1) is 18.1. The molecule has 0 bridgehead atoms. The second-order valence-corrected chi connectivity index (χ2v) is 11.0. The van der Waals surface area contributed by atoms with Gasteiger partial charge in [-0.15, -0.1) is 0 Å². The predicted molar refractivity (Wildman–Crippen MR) is 144 cm³/mol. The van der Waals surface area contributed by atoms with Crippen molar-refractivity contribution in [2.75, 3.05) is 44.9 Å². The van der Waals surface area contributed by atoms with Gasteiger partial charge in [0.2, 0.25) is 5.43 Å². The van der Waals surface area contributed by atoms with E-state index in [0.29, 0.717) is 30.5 Å². The number of aromatic nitrogens is 1. The minimum absolute atomic E-state index is 0. The number of carboxylic acid groups (broad SMARTS) is 1. The van der Waals surface area contributed by atoms with Crippen molar-refractivity contribution in [2.45, 2.75) is 45.6 Å². The SMILES string of the molecule is CCOP(=O)(NCC(F)=C1CCCN(c2c(F)cc3c(=O)c(C(=O)O)cn(C4CC4)c3c2OC)C1)OCC.[Na]. The molecule has 10 nitrogen and oxygen atoms in total. The number of benzene rings is 1. The number of piperidine rings is 1. The van der Waals surface area contributed by atoms with E-state index >= 15 is 8.78 Å². The average Bonchev–Trinajstić information content (AvgIpc) is 3.73. The number of fused-ring (bicyclic) bond motifs is 1. The van der Waals surface area contributed by atoms with Crippen LogP contribution in [0.3, 0.4) is 0 Å². The number of carboxylic acids is 1. The molecule has 209 valence electrons. The van der Waals surface area contributed by atoms with Gasteiger partial charge in [-0.25, -0.2) is 23.2 Å². The van der Waals surface area contributed by atoms with Crippen LogP contribution in [0.1, 0.15) is 55.9 Å². The minimum Gasteiger partial charge on any atom is -0.492 e. The van der Waals surface area contributed by atoms with Gasteiger partial charge in [-0.3, -0.25) is 13.8 Å². The molecule has 1 saturated carbocycles. The van der Waals surface area contributed by atoms with Gasteiger partial charge in [-0.2, -0.15) is 0 Å². The van der Waals surface area contributed by atoms with E-state index in [1.54, 1.807) is 23.3 Å². The molecule has 2 aliphatic rings. The topological polar surface area (TPSA) is 119 Å². The molecule has 0 amide bonds. The van der Waals surface area contributed by atoms with Crippen LogP contribution in [0.25, 0.3) is 10.9 Å². The van der Waals surface area contributed by atoms with E-state index in [2.05, 4.69) is 5.09 Å². The Kier molecular flexibility index (Phi) is 10.8. The summed E-state index contributed by atoms with van der Waals surface area (Å²) in [6, 6.07) is 1.01. The average molecular weight is 579 g/mol. The van der Waals surface area contributed by atoms with Crippen LogP contribution in [0.2, 0.25) is 0 Å². The quantitative estimate of drug-likeness (QED) is 0.296. The number of nitrogens with zero attached hydrogens (tertiary/aromatic N) is 2. The van der Waals surface area contributed by atoms with Gasteiger partial charge in [0.05, 0.1) is 37.8 Å². The first-order valence-corrected chi connectivity index (χ1v) is 14.1. The van der Waals surface area contributed by atoms with Crippen LogP contribution in [0, 0.1) is 5.82 Å². The summed E-state index contributed by atoms with van der Waals surface area (Å²) in [5.41, 5.74) is -0.450. The molecule has 1 aromatic carbocycles. The van der Waals surface area contributed by atoms with Crippen molar-refractivity contribution in [3.05, 3.63) is 45.3 Å². The standard InChI is InChI=1S/C25H32F2N3O7P.Na/c1-4-36-38(34,37-5-2)28-12-20(27)15-7-6-10-29(13-15)22-19(26)11-17-21(24(22)35-3)30(16-8-9-16)14-18(23(17)31)25(32)33;/h11,14,16H,4-10,12-13H2,1-3H3,(H,28,34)(H,32,33);. The number of ether oxygens (including phenoxy) is 1. The fraction of sp³-hybridized carbons (Fsp3) is 0.520. The van der Waals surface area contributed by atoms with Gasteiger partial charge in [0.15, 0.2) is 11.6 Å². The third-order valence-corrected chi connectivity index (χ3v) is 8.33. The summed E-state index contributed by atoms with van der Waals surface area (Å²) in [6.45, 7) is 3.61.